The molecule has 10 heteroatoms. The zero-order chi connectivity index (χ0) is 20.3. The Balaban J connectivity index is 1.51. The van der Waals surface area contributed by atoms with Gasteiger partial charge in [0.15, 0.2) is 5.82 Å². The molecule has 5 rings (SSSR count). The van der Waals surface area contributed by atoms with Crippen LogP contribution in [0.5, 0.6) is 0 Å². The number of morpholine rings is 1. The van der Waals surface area contributed by atoms with Gasteiger partial charge in [-0.15, -0.1) is 32.9 Å². The van der Waals surface area contributed by atoms with E-state index in [0.717, 1.165) is 67.1 Å². The van der Waals surface area contributed by atoms with E-state index in [1.54, 1.807) is 29.0 Å². The van der Waals surface area contributed by atoms with Crippen molar-refractivity contribution >= 4 is 38.7 Å². The van der Waals surface area contributed by atoms with Crippen molar-refractivity contribution in [1.82, 2.24) is 29.6 Å². The Morgan fingerprint density at radius 1 is 1.20 bits per heavy atom. The first-order valence-corrected chi connectivity index (χ1v) is 11.8. The maximum Gasteiger partial charge on any atom is 0.152 e. The average Bonchev–Trinajstić information content (AvgIpc) is 3.52. The Morgan fingerprint density at radius 2 is 2.10 bits per heavy atom. The summed E-state index contributed by atoms with van der Waals surface area (Å²) < 4.78 is 7.51. The van der Waals surface area contributed by atoms with Crippen LogP contribution in [0.4, 0.5) is 5.82 Å². The molecule has 0 aliphatic carbocycles. The lowest BCUT2D eigenvalue weighted by molar-refractivity contribution is 0.0331. The summed E-state index contributed by atoms with van der Waals surface area (Å²) in [6.07, 6.45) is 1.76. The van der Waals surface area contributed by atoms with Gasteiger partial charge in [0.1, 0.15) is 22.8 Å². The monoisotopic (exact) mass is 441 g/mol. The second kappa shape index (κ2) is 8.76. The van der Waals surface area contributed by atoms with Crippen molar-refractivity contribution in [2.45, 2.75) is 26.6 Å². The van der Waals surface area contributed by atoms with Crippen molar-refractivity contribution < 1.29 is 4.74 Å². The fourth-order valence-corrected chi connectivity index (χ4v) is 5.38. The van der Waals surface area contributed by atoms with Crippen LogP contribution < -0.4 is 5.32 Å². The molecule has 0 saturated carbocycles. The number of hydrogen-bond acceptors (Lipinski definition) is 9. The number of rotatable bonds is 7. The molecular weight excluding hydrogens is 418 g/mol. The molecule has 1 N–H and O–H groups in total. The van der Waals surface area contributed by atoms with Crippen LogP contribution in [0.25, 0.3) is 20.7 Å². The van der Waals surface area contributed by atoms with Crippen LogP contribution >= 0.6 is 22.7 Å². The van der Waals surface area contributed by atoms with E-state index < -0.39 is 0 Å². The lowest BCUT2D eigenvalue weighted by atomic mass is 10.2. The predicted octanol–water partition coefficient (Wildman–Crippen LogP) is 3.48. The van der Waals surface area contributed by atoms with E-state index in [1.165, 1.54) is 10.4 Å². The predicted molar refractivity (Wildman–Crippen MR) is 120 cm³/mol. The summed E-state index contributed by atoms with van der Waals surface area (Å²) in [5.41, 5.74) is 1.18. The fourth-order valence-electron chi connectivity index (χ4n) is 3.60. The Morgan fingerprint density at radius 3 is 2.90 bits per heavy atom. The first kappa shape index (κ1) is 19.6. The molecule has 1 aliphatic heterocycles. The molecular formula is C20H23N7OS2. The van der Waals surface area contributed by atoms with Crippen molar-refractivity contribution in [1.29, 1.82) is 0 Å². The zero-order valence-electron chi connectivity index (χ0n) is 16.7. The Labute approximate surface area is 182 Å². The molecule has 0 spiro atoms. The summed E-state index contributed by atoms with van der Waals surface area (Å²) in [4.78, 5) is 14.4. The summed E-state index contributed by atoms with van der Waals surface area (Å²) in [5, 5.41) is 17.2. The highest BCUT2D eigenvalue weighted by atomic mass is 32.1. The van der Waals surface area contributed by atoms with Gasteiger partial charge in [-0.1, -0.05) is 6.07 Å². The van der Waals surface area contributed by atoms with Gasteiger partial charge in [0, 0.05) is 35.5 Å². The first-order chi connectivity index (χ1) is 14.8. The molecule has 0 amide bonds. The van der Waals surface area contributed by atoms with Crippen molar-refractivity contribution in [3.8, 4) is 10.4 Å². The van der Waals surface area contributed by atoms with Crippen LogP contribution in [0.2, 0.25) is 0 Å². The summed E-state index contributed by atoms with van der Waals surface area (Å²) >= 11 is 3.41. The molecule has 8 nitrogen and oxygen atoms in total. The third-order valence-electron chi connectivity index (χ3n) is 5.19. The van der Waals surface area contributed by atoms with Gasteiger partial charge in [0.25, 0.3) is 0 Å². The van der Waals surface area contributed by atoms with Crippen LogP contribution in [0.1, 0.15) is 18.6 Å². The lowest BCUT2D eigenvalue weighted by Crippen LogP contribution is -2.36. The summed E-state index contributed by atoms with van der Waals surface area (Å²) in [6.45, 7) is 7.57. The van der Waals surface area contributed by atoms with Gasteiger partial charge in [-0.2, -0.15) is 0 Å². The molecule has 4 aromatic heterocycles. The van der Waals surface area contributed by atoms with Crippen LogP contribution in [0, 0.1) is 0 Å². The molecule has 0 aromatic carbocycles. The highest BCUT2D eigenvalue weighted by molar-refractivity contribution is 7.18. The number of nitrogens with zero attached hydrogens (tertiary/aromatic N) is 6. The van der Waals surface area contributed by atoms with Gasteiger partial charge in [-0.25, -0.2) is 9.97 Å². The van der Waals surface area contributed by atoms with Gasteiger partial charge in [0.2, 0.25) is 0 Å². The second-order valence-electron chi connectivity index (χ2n) is 7.07. The van der Waals surface area contributed by atoms with Gasteiger partial charge in [-0.3, -0.25) is 4.90 Å². The van der Waals surface area contributed by atoms with Crippen LogP contribution in [-0.2, 0) is 24.4 Å². The molecule has 30 heavy (non-hydrogen) atoms. The number of fused-ring (bicyclic) bond motifs is 1. The molecule has 1 aliphatic rings. The Bertz CT molecular complexity index is 1120. The normalized spacial score (nSPS) is 15.1. The van der Waals surface area contributed by atoms with E-state index in [9.17, 15) is 0 Å². The van der Waals surface area contributed by atoms with E-state index >= 15 is 0 Å². The largest absolute Gasteiger partial charge is 0.379 e. The van der Waals surface area contributed by atoms with Gasteiger partial charge < -0.3 is 14.6 Å². The summed E-state index contributed by atoms with van der Waals surface area (Å²) in [5.74, 6) is 2.59. The van der Waals surface area contributed by atoms with Crippen molar-refractivity contribution in [2.75, 3.05) is 31.6 Å². The minimum atomic E-state index is 0.566. The number of thiophene rings is 2. The molecule has 1 saturated heterocycles. The number of hydrogen-bond donors (Lipinski definition) is 1. The molecule has 4 aromatic rings. The van der Waals surface area contributed by atoms with Crippen LogP contribution in [-0.4, -0.2) is 55.9 Å². The van der Waals surface area contributed by atoms with E-state index in [-0.39, 0.29) is 0 Å². The van der Waals surface area contributed by atoms with Gasteiger partial charge >= 0.3 is 0 Å². The topological polar surface area (TPSA) is 81.0 Å². The van der Waals surface area contributed by atoms with E-state index in [1.807, 2.05) is 4.57 Å². The number of ether oxygens (including phenoxy) is 1. The molecule has 0 bridgehead atoms. The fraction of sp³-hybridized carbons (Fsp3) is 0.400. The third kappa shape index (κ3) is 3.95. The molecule has 0 radical (unpaired) electrons. The smallest absolute Gasteiger partial charge is 0.152 e. The van der Waals surface area contributed by atoms with Crippen molar-refractivity contribution in [3.63, 3.8) is 0 Å². The molecule has 0 atom stereocenters. The molecule has 0 unspecified atom stereocenters. The summed E-state index contributed by atoms with van der Waals surface area (Å²) in [7, 11) is 0. The highest BCUT2D eigenvalue weighted by Crippen LogP contribution is 2.39. The van der Waals surface area contributed by atoms with E-state index in [2.05, 4.69) is 50.2 Å². The Hall–Kier alpha value is -2.40. The maximum absolute atomic E-state index is 5.47. The van der Waals surface area contributed by atoms with Crippen molar-refractivity contribution in [2.24, 2.45) is 0 Å². The van der Waals surface area contributed by atoms with Gasteiger partial charge in [-0.05, 0) is 18.4 Å². The summed E-state index contributed by atoms with van der Waals surface area (Å²) in [6, 6.07) is 4.22. The zero-order valence-corrected chi connectivity index (χ0v) is 18.4. The quantitative estimate of drug-likeness (QED) is 0.470. The molecule has 5 heterocycles. The standard InChI is InChI=1S/C20H23N7OS2/c1-2-27-13-22-25-17(27)10-21-19-18-14(15-4-3-9-29-15)12-30-20(18)24-16(23-19)11-26-5-7-28-8-6-26/h3-4,9,12-13H,2,5-8,10-11H2,1H3,(H,21,23,24). The maximum atomic E-state index is 5.47. The lowest BCUT2D eigenvalue weighted by Gasteiger charge is -2.25. The first-order valence-electron chi connectivity index (χ1n) is 10.0. The number of nitrogens with one attached hydrogen (secondary N) is 1. The minimum absolute atomic E-state index is 0.566. The third-order valence-corrected chi connectivity index (χ3v) is 6.96. The SMILES string of the molecule is CCn1cnnc1CNc1nc(CN2CCOCC2)nc2scc(-c3cccs3)c12. The van der Waals surface area contributed by atoms with Crippen LogP contribution in [0.15, 0.2) is 29.2 Å². The average molecular weight is 442 g/mol. The van der Waals surface area contributed by atoms with E-state index in [4.69, 9.17) is 14.7 Å². The van der Waals surface area contributed by atoms with E-state index in [0.29, 0.717) is 6.54 Å². The molecule has 1 fully saturated rings. The second-order valence-corrected chi connectivity index (χ2v) is 8.88. The Kier molecular flexibility index (Phi) is 5.71. The number of aromatic nitrogens is 5. The molecule has 156 valence electrons. The van der Waals surface area contributed by atoms with Crippen LogP contribution in [0.3, 0.4) is 0 Å². The number of anilines is 1. The minimum Gasteiger partial charge on any atom is -0.379 e. The van der Waals surface area contributed by atoms with Gasteiger partial charge in [0.05, 0.1) is 31.7 Å². The number of aryl methyl sites for hydroxylation is 1. The highest BCUT2D eigenvalue weighted by Gasteiger charge is 2.19. The van der Waals surface area contributed by atoms with Crippen molar-refractivity contribution in [3.05, 3.63) is 40.9 Å².